The molecule has 2 N–H and O–H groups in total. The van der Waals surface area contributed by atoms with Gasteiger partial charge in [0.05, 0.1) is 5.52 Å². The topological polar surface area (TPSA) is 60.5 Å². The zero-order chi connectivity index (χ0) is 16.6. The van der Waals surface area contributed by atoms with Crippen LogP contribution >= 0.6 is 0 Å². The average molecular weight is 315 g/mol. The second-order valence-electron chi connectivity index (χ2n) is 7.37. The number of carbonyl (C=O) groups excluding carboxylic acids is 1. The van der Waals surface area contributed by atoms with Crippen molar-refractivity contribution in [3.63, 3.8) is 0 Å². The SMILES string of the molecule is CC(C)(C)OC(=O)N1CCC(Cn2ccc3ccc(N)cc32)C1. The molecule has 3 rings (SSSR count). The third kappa shape index (κ3) is 3.60. The number of hydrogen-bond acceptors (Lipinski definition) is 3. The van der Waals surface area contributed by atoms with Crippen molar-refractivity contribution in [2.24, 2.45) is 5.92 Å². The molecule has 1 atom stereocenters. The average Bonchev–Trinajstić information content (AvgIpc) is 3.05. The Hall–Kier alpha value is -2.17. The molecule has 2 heterocycles. The fourth-order valence-corrected chi connectivity index (χ4v) is 3.11. The van der Waals surface area contributed by atoms with Gasteiger partial charge >= 0.3 is 6.09 Å². The number of ether oxygens (including phenoxy) is 1. The largest absolute Gasteiger partial charge is 0.444 e. The Labute approximate surface area is 137 Å². The maximum absolute atomic E-state index is 12.1. The molecular weight excluding hydrogens is 290 g/mol. The summed E-state index contributed by atoms with van der Waals surface area (Å²) >= 11 is 0. The number of aromatic nitrogens is 1. The summed E-state index contributed by atoms with van der Waals surface area (Å²) in [5.74, 6) is 0.444. The molecule has 124 valence electrons. The lowest BCUT2D eigenvalue weighted by molar-refractivity contribution is 0.0287. The summed E-state index contributed by atoms with van der Waals surface area (Å²) in [7, 11) is 0. The minimum atomic E-state index is -0.441. The van der Waals surface area contributed by atoms with Gasteiger partial charge in [-0.2, -0.15) is 0 Å². The van der Waals surface area contributed by atoms with Crippen LogP contribution in [0.2, 0.25) is 0 Å². The normalized spacial score (nSPS) is 18.6. The molecular formula is C18H25N3O2. The predicted molar refractivity (Wildman–Crippen MR) is 92.3 cm³/mol. The van der Waals surface area contributed by atoms with E-state index in [0.717, 1.165) is 37.3 Å². The van der Waals surface area contributed by atoms with E-state index in [1.165, 1.54) is 5.39 Å². The third-order valence-electron chi connectivity index (χ3n) is 4.19. The third-order valence-corrected chi connectivity index (χ3v) is 4.19. The molecule has 2 aromatic rings. The van der Waals surface area contributed by atoms with Crippen LogP contribution in [0, 0.1) is 5.92 Å². The number of amides is 1. The van der Waals surface area contributed by atoms with Gasteiger partial charge < -0.3 is 19.9 Å². The predicted octanol–water partition coefficient (Wildman–Crippen LogP) is 3.48. The van der Waals surface area contributed by atoms with Crippen molar-refractivity contribution in [2.45, 2.75) is 39.3 Å². The molecule has 0 radical (unpaired) electrons. The summed E-state index contributed by atoms with van der Waals surface area (Å²) in [6, 6.07) is 8.08. The summed E-state index contributed by atoms with van der Waals surface area (Å²) in [5, 5.41) is 1.20. The van der Waals surface area contributed by atoms with Crippen LogP contribution in [0.5, 0.6) is 0 Å². The number of nitrogens with zero attached hydrogens (tertiary/aromatic N) is 2. The summed E-state index contributed by atoms with van der Waals surface area (Å²) in [6.07, 6.45) is 2.89. The number of fused-ring (bicyclic) bond motifs is 1. The first-order valence-electron chi connectivity index (χ1n) is 8.14. The molecule has 0 saturated carbocycles. The molecule has 0 bridgehead atoms. The van der Waals surface area contributed by atoms with Crippen molar-refractivity contribution >= 4 is 22.7 Å². The van der Waals surface area contributed by atoms with Crippen LogP contribution in [-0.2, 0) is 11.3 Å². The summed E-state index contributed by atoms with van der Waals surface area (Å²) in [4.78, 5) is 14.0. The van der Waals surface area contributed by atoms with E-state index in [0.29, 0.717) is 5.92 Å². The lowest BCUT2D eigenvalue weighted by Crippen LogP contribution is -2.35. The van der Waals surface area contributed by atoms with E-state index < -0.39 is 5.60 Å². The molecule has 1 saturated heterocycles. The Kier molecular flexibility index (Phi) is 3.96. The lowest BCUT2D eigenvalue weighted by Gasteiger charge is -2.24. The maximum atomic E-state index is 12.1. The number of carbonyl (C=O) groups is 1. The Morgan fingerprint density at radius 2 is 2.13 bits per heavy atom. The van der Waals surface area contributed by atoms with E-state index in [4.69, 9.17) is 10.5 Å². The summed E-state index contributed by atoms with van der Waals surface area (Å²) in [5.41, 5.74) is 7.39. The van der Waals surface area contributed by atoms with Gasteiger partial charge in [-0.15, -0.1) is 0 Å². The van der Waals surface area contributed by atoms with Crippen LogP contribution in [0.15, 0.2) is 30.5 Å². The minimum absolute atomic E-state index is 0.207. The summed E-state index contributed by atoms with van der Waals surface area (Å²) in [6.45, 7) is 8.10. The molecule has 1 aromatic heterocycles. The van der Waals surface area contributed by atoms with Gasteiger partial charge in [0.2, 0.25) is 0 Å². The molecule has 0 aliphatic carbocycles. The zero-order valence-corrected chi connectivity index (χ0v) is 14.1. The fourth-order valence-electron chi connectivity index (χ4n) is 3.11. The van der Waals surface area contributed by atoms with E-state index in [2.05, 4.69) is 16.8 Å². The standard InChI is InChI=1S/C18H25N3O2/c1-18(2,3)23-17(22)21-8-6-13(12-21)11-20-9-7-14-4-5-15(19)10-16(14)20/h4-5,7,9-10,13H,6,8,11-12,19H2,1-3H3. The molecule has 1 aliphatic rings. The number of rotatable bonds is 2. The molecule has 1 aliphatic heterocycles. The van der Waals surface area contributed by atoms with E-state index in [-0.39, 0.29) is 6.09 Å². The monoisotopic (exact) mass is 315 g/mol. The van der Waals surface area contributed by atoms with Gasteiger partial charge in [0.15, 0.2) is 0 Å². The van der Waals surface area contributed by atoms with Gasteiger partial charge in [0, 0.05) is 31.5 Å². The molecule has 0 spiro atoms. The van der Waals surface area contributed by atoms with E-state index in [1.807, 2.05) is 43.9 Å². The molecule has 5 nitrogen and oxygen atoms in total. The number of hydrogen-bond donors (Lipinski definition) is 1. The minimum Gasteiger partial charge on any atom is -0.444 e. The van der Waals surface area contributed by atoms with Crippen molar-refractivity contribution in [1.82, 2.24) is 9.47 Å². The molecule has 1 unspecified atom stereocenters. The molecule has 5 heteroatoms. The molecule has 23 heavy (non-hydrogen) atoms. The second-order valence-corrected chi connectivity index (χ2v) is 7.37. The molecule has 1 aromatic carbocycles. The van der Waals surface area contributed by atoms with Crippen LogP contribution in [0.4, 0.5) is 10.5 Å². The number of likely N-dealkylation sites (tertiary alicyclic amines) is 1. The van der Waals surface area contributed by atoms with Crippen LogP contribution in [0.25, 0.3) is 10.9 Å². The number of nitrogen functional groups attached to an aromatic ring is 1. The van der Waals surface area contributed by atoms with E-state index >= 15 is 0 Å². The van der Waals surface area contributed by atoms with Crippen LogP contribution in [-0.4, -0.2) is 34.3 Å². The van der Waals surface area contributed by atoms with Gasteiger partial charge in [-0.25, -0.2) is 4.79 Å². The Bertz CT molecular complexity index is 715. The fraction of sp³-hybridized carbons (Fsp3) is 0.500. The first-order valence-corrected chi connectivity index (χ1v) is 8.14. The zero-order valence-electron chi connectivity index (χ0n) is 14.1. The summed E-state index contributed by atoms with van der Waals surface area (Å²) < 4.78 is 7.69. The van der Waals surface area contributed by atoms with Crippen LogP contribution in [0.3, 0.4) is 0 Å². The maximum Gasteiger partial charge on any atom is 0.410 e. The molecule has 1 amide bonds. The highest BCUT2D eigenvalue weighted by molar-refractivity contribution is 5.83. The highest BCUT2D eigenvalue weighted by Gasteiger charge is 2.29. The van der Waals surface area contributed by atoms with E-state index in [9.17, 15) is 4.79 Å². The number of anilines is 1. The van der Waals surface area contributed by atoms with Gasteiger partial charge in [0.1, 0.15) is 5.60 Å². The van der Waals surface area contributed by atoms with Gasteiger partial charge in [-0.05, 0) is 56.7 Å². The van der Waals surface area contributed by atoms with Crippen molar-refractivity contribution in [1.29, 1.82) is 0 Å². The number of benzene rings is 1. The van der Waals surface area contributed by atoms with Crippen molar-refractivity contribution in [3.8, 4) is 0 Å². The lowest BCUT2D eigenvalue weighted by atomic mass is 10.1. The highest BCUT2D eigenvalue weighted by Crippen LogP contribution is 2.24. The Balaban J connectivity index is 1.65. The van der Waals surface area contributed by atoms with Crippen LogP contribution in [0.1, 0.15) is 27.2 Å². The smallest absolute Gasteiger partial charge is 0.410 e. The Morgan fingerprint density at radius 1 is 1.35 bits per heavy atom. The first kappa shape index (κ1) is 15.7. The highest BCUT2D eigenvalue weighted by atomic mass is 16.6. The quantitative estimate of drug-likeness (QED) is 0.863. The van der Waals surface area contributed by atoms with Crippen LogP contribution < -0.4 is 5.73 Å². The number of nitrogens with two attached hydrogens (primary N) is 1. The molecule has 1 fully saturated rings. The Morgan fingerprint density at radius 3 is 2.87 bits per heavy atom. The second kappa shape index (κ2) is 5.80. The van der Waals surface area contributed by atoms with Gasteiger partial charge in [-0.3, -0.25) is 0 Å². The van der Waals surface area contributed by atoms with Gasteiger partial charge in [-0.1, -0.05) is 6.07 Å². The van der Waals surface area contributed by atoms with Gasteiger partial charge in [0.25, 0.3) is 0 Å². The van der Waals surface area contributed by atoms with Crippen molar-refractivity contribution in [3.05, 3.63) is 30.5 Å². The van der Waals surface area contributed by atoms with Crippen molar-refractivity contribution < 1.29 is 9.53 Å². The first-order chi connectivity index (χ1) is 10.8. The van der Waals surface area contributed by atoms with Crippen molar-refractivity contribution in [2.75, 3.05) is 18.8 Å². The van der Waals surface area contributed by atoms with E-state index in [1.54, 1.807) is 0 Å².